The first-order chi connectivity index (χ1) is 14.0. The molecule has 0 spiro atoms. The van der Waals surface area contributed by atoms with Crippen LogP contribution in [0.2, 0.25) is 0 Å². The van der Waals surface area contributed by atoms with Crippen molar-refractivity contribution in [2.75, 3.05) is 32.1 Å². The Kier molecular flexibility index (Phi) is 5.58. The number of carbonyl (C=O) groups excluding carboxylic acids is 1. The molecule has 1 unspecified atom stereocenters. The smallest absolute Gasteiger partial charge is 0.290 e. The standard InChI is InChI=1S/C24H28N2O3/c1-17-21-8-4-5-9-22(21)29-23(17)24(27)26(16-20-7-6-14-28-20)15-18-10-12-19(13-11-18)25(2)3/h4-5,8-13,20H,6-7,14-16H2,1-3H3. The average Bonchev–Trinajstić information content (AvgIpc) is 3.35. The molecule has 1 aliphatic heterocycles. The fourth-order valence-corrected chi connectivity index (χ4v) is 3.90. The highest BCUT2D eigenvalue weighted by Crippen LogP contribution is 2.27. The molecule has 4 rings (SSSR count). The summed E-state index contributed by atoms with van der Waals surface area (Å²) >= 11 is 0. The second-order valence-electron chi connectivity index (χ2n) is 7.93. The Morgan fingerprint density at radius 2 is 1.86 bits per heavy atom. The third-order valence-electron chi connectivity index (χ3n) is 5.60. The highest BCUT2D eigenvalue weighted by atomic mass is 16.5. The van der Waals surface area contributed by atoms with Gasteiger partial charge in [0.2, 0.25) is 0 Å². The van der Waals surface area contributed by atoms with E-state index in [4.69, 9.17) is 9.15 Å². The number of anilines is 1. The first-order valence-corrected chi connectivity index (χ1v) is 10.2. The van der Waals surface area contributed by atoms with Crippen molar-refractivity contribution in [3.05, 3.63) is 65.4 Å². The summed E-state index contributed by atoms with van der Waals surface area (Å²) in [6.07, 6.45) is 2.13. The van der Waals surface area contributed by atoms with Crippen molar-refractivity contribution in [3.63, 3.8) is 0 Å². The fraction of sp³-hybridized carbons (Fsp3) is 0.375. The molecule has 3 aromatic rings. The number of benzene rings is 2. The van der Waals surface area contributed by atoms with Crippen LogP contribution in [0.25, 0.3) is 11.0 Å². The van der Waals surface area contributed by atoms with Crippen LogP contribution in [0.3, 0.4) is 0 Å². The molecule has 1 aliphatic rings. The molecule has 5 heteroatoms. The molecule has 1 amide bonds. The lowest BCUT2D eigenvalue weighted by Gasteiger charge is -2.25. The van der Waals surface area contributed by atoms with Gasteiger partial charge in [-0.2, -0.15) is 0 Å². The largest absolute Gasteiger partial charge is 0.451 e. The summed E-state index contributed by atoms with van der Waals surface area (Å²) in [6.45, 7) is 3.83. The molecule has 2 heterocycles. The number of aryl methyl sites for hydroxylation is 1. The number of rotatable bonds is 6. The Hall–Kier alpha value is -2.79. The summed E-state index contributed by atoms with van der Waals surface area (Å²) < 4.78 is 11.8. The minimum Gasteiger partial charge on any atom is -0.451 e. The first kappa shape index (κ1) is 19.5. The zero-order chi connectivity index (χ0) is 20.4. The first-order valence-electron chi connectivity index (χ1n) is 10.2. The number of nitrogens with zero attached hydrogens (tertiary/aromatic N) is 2. The molecule has 0 bridgehead atoms. The van der Waals surface area contributed by atoms with Crippen molar-refractivity contribution in [3.8, 4) is 0 Å². The molecule has 1 fully saturated rings. The van der Waals surface area contributed by atoms with Crippen molar-refractivity contribution in [2.24, 2.45) is 0 Å². The molecule has 29 heavy (non-hydrogen) atoms. The van der Waals surface area contributed by atoms with Gasteiger partial charge in [0, 0.05) is 50.4 Å². The Bertz CT molecular complexity index is 985. The molecular formula is C24H28N2O3. The fourth-order valence-electron chi connectivity index (χ4n) is 3.90. The summed E-state index contributed by atoms with van der Waals surface area (Å²) in [4.78, 5) is 17.4. The van der Waals surface area contributed by atoms with E-state index in [1.54, 1.807) is 0 Å². The summed E-state index contributed by atoms with van der Waals surface area (Å²) in [5.41, 5.74) is 3.88. The molecule has 0 saturated carbocycles. The Morgan fingerprint density at radius 1 is 1.10 bits per heavy atom. The third-order valence-corrected chi connectivity index (χ3v) is 5.60. The Labute approximate surface area is 171 Å². The normalized spacial score (nSPS) is 16.3. The van der Waals surface area contributed by atoms with Gasteiger partial charge in [-0.05, 0) is 43.5 Å². The molecule has 0 radical (unpaired) electrons. The lowest BCUT2D eigenvalue weighted by Crippen LogP contribution is -2.37. The third kappa shape index (κ3) is 4.15. The number of amides is 1. The second kappa shape index (κ2) is 8.29. The van der Waals surface area contributed by atoms with Crippen LogP contribution in [-0.2, 0) is 11.3 Å². The van der Waals surface area contributed by atoms with E-state index < -0.39 is 0 Å². The maximum atomic E-state index is 13.5. The van der Waals surface area contributed by atoms with Crippen molar-refractivity contribution in [2.45, 2.75) is 32.4 Å². The molecule has 0 aliphatic carbocycles. The van der Waals surface area contributed by atoms with Crippen LogP contribution < -0.4 is 4.90 Å². The van der Waals surface area contributed by atoms with Gasteiger partial charge in [-0.3, -0.25) is 4.79 Å². The van der Waals surface area contributed by atoms with Gasteiger partial charge in [0.05, 0.1) is 6.10 Å². The van der Waals surface area contributed by atoms with Crippen LogP contribution in [-0.4, -0.2) is 44.2 Å². The van der Waals surface area contributed by atoms with Gasteiger partial charge in [0.25, 0.3) is 5.91 Å². The van der Waals surface area contributed by atoms with E-state index in [9.17, 15) is 4.79 Å². The van der Waals surface area contributed by atoms with Crippen LogP contribution in [0.15, 0.2) is 52.9 Å². The van der Waals surface area contributed by atoms with Crippen LogP contribution in [0.1, 0.15) is 34.5 Å². The topological polar surface area (TPSA) is 45.9 Å². The Balaban J connectivity index is 1.61. The summed E-state index contributed by atoms with van der Waals surface area (Å²) in [6, 6.07) is 16.1. The van der Waals surface area contributed by atoms with Gasteiger partial charge in [-0.25, -0.2) is 0 Å². The quantitative estimate of drug-likeness (QED) is 0.614. The van der Waals surface area contributed by atoms with Crippen molar-refractivity contribution in [1.29, 1.82) is 0 Å². The molecule has 2 aromatic carbocycles. The zero-order valence-electron chi connectivity index (χ0n) is 17.4. The SMILES string of the molecule is Cc1c(C(=O)N(Cc2ccc(N(C)C)cc2)CC2CCCO2)oc2ccccc12. The van der Waals surface area contributed by atoms with Gasteiger partial charge >= 0.3 is 0 Å². The molecule has 152 valence electrons. The van der Waals surface area contributed by atoms with Crippen molar-refractivity contribution >= 4 is 22.6 Å². The van der Waals surface area contributed by atoms with E-state index in [0.29, 0.717) is 18.8 Å². The highest BCUT2D eigenvalue weighted by Gasteiger charge is 2.27. The van der Waals surface area contributed by atoms with Gasteiger partial charge in [0.15, 0.2) is 5.76 Å². The number of ether oxygens (including phenoxy) is 1. The predicted molar refractivity (Wildman–Crippen MR) is 115 cm³/mol. The van der Waals surface area contributed by atoms with Gasteiger partial charge in [0.1, 0.15) is 5.58 Å². The minimum absolute atomic E-state index is 0.0779. The number of fused-ring (bicyclic) bond motifs is 1. The van der Waals surface area contributed by atoms with E-state index in [0.717, 1.165) is 47.2 Å². The van der Waals surface area contributed by atoms with E-state index in [2.05, 4.69) is 29.2 Å². The Morgan fingerprint density at radius 3 is 2.52 bits per heavy atom. The van der Waals surface area contributed by atoms with Crippen LogP contribution in [0.4, 0.5) is 5.69 Å². The molecule has 1 aromatic heterocycles. The van der Waals surface area contributed by atoms with Gasteiger partial charge < -0.3 is 19.0 Å². The van der Waals surface area contributed by atoms with E-state index >= 15 is 0 Å². The van der Waals surface area contributed by atoms with Gasteiger partial charge in [-0.15, -0.1) is 0 Å². The van der Waals surface area contributed by atoms with E-state index in [1.165, 1.54) is 0 Å². The zero-order valence-corrected chi connectivity index (χ0v) is 17.4. The van der Waals surface area contributed by atoms with Crippen molar-refractivity contribution in [1.82, 2.24) is 4.90 Å². The summed E-state index contributed by atoms with van der Waals surface area (Å²) in [5, 5.41) is 0.989. The van der Waals surface area contributed by atoms with Crippen molar-refractivity contribution < 1.29 is 13.9 Å². The molecule has 1 atom stereocenters. The monoisotopic (exact) mass is 392 g/mol. The number of hydrogen-bond acceptors (Lipinski definition) is 4. The number of furan rings is 1. The second-order valence-corrected chi connectivity index (χ2v) is 7.93. The average molecular weight is 392 g/mol. The molecule has 5 nitrogen and oxygen atoms in total. The van der Waals surface area contributed by atoms with E-state index in [1.807, 2.05) is 50.2 Å². The maximum Gasteiger partial charge on any atom is 0.290 e. The summed E-state index contributed by atoms with van der Waals surface area (Å²) in [5.74, 6) is 0.347. The van der Waals surface area contributed by atoms with Crippen LogP contribution >= 0.6 is 0 Å². The van der Waals surface area contributed by atoms with Gasteiger partial charge in [-0.1, -0.05) is 30.3 Å². The molecule has 1 saturated heterocycles. The minimum atomic E-state index is -0.0779. The molecular weight excluding hydrogens is 364 g/mol. The maximum absolute atomic E-state index is 13.5. The number of hydrogen-bond donors (Lipinski definition) is 0. The predicted octanol–water partition coefficient (Wildman–Crippen LogP) is 4.63. The molecule has 0 N–H and O–H groups in total. The highest BCUT2D eigenvalue weighted by molar-refractivity contribution is 5.98. The van der Waals surface area contributed by atoms with Crippen LogP contribution in [0, 0.1) is 6.92 Å². The lowest BCUT2D eigenvalue weighted by molar-refractivity contribution is 0.0485. The lowest BCUT2D eigenvalue weighted by atomic mass is 10.1. The van der Waals surface area contributed by atoms with Crippen LogP contribution in [0.5, 0.6) is 0 Å². The van der Waals surface area contributed by atoms with E-state index in [-0.39, 0.29) is 12.0 Å². The number of para-hydroxylation sites is 1. The summed E-state index contributed by atoms with van der Waals surface area (Å²) in [7, 11) is 4.04. The number of carbonyl (C=O) groups is 1.